The van der Waals surface area contributed by atoms with Gasteiger partial charge in [-0.15, -0.1) is 0 Å². The van der Waals surface area contributed by atoms with E-state index in [1.165, 1.54) is 19.3 Å². The third kappa shape index (κ3) is 5.10. The molecule has 0 radical (unpaired) electrons. The summed E-state index contributed by atoms with van der Waals surface area (Å²) in [5.74, 6) is 0.643. The van der Waals surface area contributed by atoms with Crippen molar-refractivity contribution in [2.45, 2.75) is 69.6 Å². The van der Waals surface area contributed by atoms with E-state index in [2.05, 4.69) is 9.88 Å². The van der Waals surface area contributed by atoms with Crippen molar-refractivity contribution >= 4 is 16.8 Å². The van der Waals surface area contributed by atoms with Crippen LogP contribution in [0, 0.1) is 11.7 Å². The first-order chi connectivity index (χ1) is 16.7. The Kier molecular flexibility index (Phi) is 7.39. The minimum Gasteiger partial charge on any atom is -0.464 e. The molecule has 0 N–H and O–H groups in total. The van der Waals surface area contributed by atoms with Gasteiger partial charge in [-0.05, 0) is 93.9 Å². The number of benzene rings is 1. The van der Waals surface area contributed by atoms with Crippen molar-refractivity contribution in [2.24, 2.45) is 5.92 Å². The van der Waals surface area contributed by atoms with E-state index in [4.69, 9.17) is 4.42 Å². The number of halogens is 1. The lowest BCUT2D eigenvalue weighted by molar-refractivity contribution is -0.125. The van der Waals surface area contributed by atoms with Gasteiger partial charge in [0, 0.05) is 12.1 Å². The second-order valence-corrected chi connectivity index (χ2v) is 10.1. The zero-order valence-electron chi connectivity index (χ0n) is 19.9. The molecule has 2 fully saturated rings. The largest absolute Gasteiger partial charge is 0.464 e. The van der Waals surface area contributed by atoms with Crippen LogP contribution >= 0.6 is 0 Å². The Morgan fingerprint density at radius 3 is 2.74 bits per heavy atom. The fourth-order valence-corrected chi connectivity index (χ4v) is 6.06. The van der Waals surface area contributed by atoms with Gasteiger partial charge in [-0.25, -0.2) is 4.39 Å². The summed E-state index contributed by atoms with van der Waals surface area (Å²) in [6, 6.07) is 11.1. The molecule has 2 aromatic heterocycles. The number of ketones is 1. The third-order valence-corrected chi connectivity index (χ3v) is 7.98. The summed E-state index contributed by atoms with van der Waals surface area (Å²) in [4.78, 5) is 20.6. The first-order valence-electron chi connectivity index (χ1n) is 13.0. The minimum atomic E-state index is -0.217. The summed E-state index contributed by atoms with van der Waals surface area (Å²) in [6.45, 7) is 2.92. The first kappa shape index (κ1) is 23.2. The van der Waals surface area contributed by atoms with Crippen LogP contribution in [0.25, 0.3) is 11.0 Å². The Morgan fingerprint density at radius 1 is 1.03 bits per heavy atom. The van der Waals surface area contributed by atoms with Gasteiger partial charge in [0.05, 0.1) is 23.3 Å². The van der Waals surface area contributed by atoms with Crippen LogP contribution in [0.4, 0.5) is 4.39 Å². The lowest BCUT2D eigenvalue weighted by Gasteiger charge is -2.27. The number of pyridine rings is 1. The van der Waals surface area contributed by atoms with E-state index in [0.717, 1.165) is 69.4 Å². The molecule has 1 saturated heterocycles. The number of carbonyl (C=O) groups excluding carboxylic acids is 1. The van der Waals surface area contributed by atoms with Crippen molar-refractivity contribution in [1.82, 2.24) is 9.88 Å². The molecular weight excluding hydrogens is 427 g/mol. The van der Waals surface area contributed by atoms with E-state index in [9.17, 15) is 9.18 Å². The topological polar surface area (TPSA) is 46.3 Å². The van der Waals surface area contributed by atoms with Gasteiger partial charge >= 0.3 is 0 Å². The van der Waals surface area contributed by atoms with Gasteiger partial charge in [0.1, 0.15) is 17.2 Å². The fraction of sp³-hybridized carbons (Fsp3) is 0.517. The van der Waals surface area contributed by atoms with Crippen molar-refractivity contribution in [2.75, 3.05) is 19.6 Å². The second-order valence-electron chi connectivity index (χ2n) is 10.1. The molecule has 0 bridgehead atoms. The SMILES string of the molecule is O=C(C1CCCCC1)C(CCN1CCCC(c2ccc(F)c3ccoc23)CC1)c1ccccn1. The van der Waals surface area contributed by atoms with E-state index < -0.39 is 0 Å². The summed E-state index contributed by atoms with van der Waals surface area (Å²) in [7, 11) is 0. The highest BCUT2D eigenvalue weighted by atomic mass is 19.1. The Balaban J connectivity index is 1.25. The summed E-state index contributed by atoms with van der Waals surface area (Å²) in [5, 5.41) is 0.582. The molecule has 1 aliphatic heterocycles. The van der Waals surface area contributed by atoms with Crippen LogP contribution in [0.15, 0.2) is 53.3 Å². The second kappa shape index (κ2) is 10.8. The van der Waals surface area contributed by atoms with Gasteiger partial charge in [-0.3, -0.25) is 9.78 Å². The summed E-state index contributed by atoms with van der Waals surface area (Å²) in [6.07, 6.45) is 13.1. The van der Waals surface area contributed by atoms with E-state index >= 15 is 0 Å². The number of hydrogen-bond donors (Lipinski definition) is 0. The van der Waals surface area contributed by atoms with Gasteiger partial charge in [-0.1, -0.05) is 31.4 Å². The lowest BCUT2D eigenvalue weighted by atomic mass is 9.79. The van der Waals surface area contributed by atoms with E-state index in [0.29, 0.717) is 22.7 Å². The van der Waals surface area contributed by atoms with Crippen molar-refractivity contribution in [3.63, 3.8) is 0 Å². The molecule has 3 aromatic rings. The normalized spacial score (nSPS) is 21.4. The zero-order chi connectivity index (χ0) is 23.3. The molecule has 5 heteroatoms. The monoisotopic (exact) mass is 462 g/mol. The van der Waals surface area contributed by atoms with Gasteiger partial charge in [0.15, 0.2) is 0 Å². The number of hydrogen-bond acceptors (Lipinski definition) is 4. The molecule has 5 rings (SSSR count). The van der Waals surface area contributed by atoms with Crippen LogP contribution in [-0.2, 0) is 4.79 Å². The number of furan rings is 1. The molecule has 2 aliphatic rings. The average molecular weight is 463 g/mol. The van der Waals surface area contributed by atoms with E-state index in [1.54, 1.807) is 18.4 Å². The van der Waals surface area contributed by atoms with Crippen molar-refractivity contribution in [1.29, 1.82) is 0 Å². The van der Waals surface area contributed by atoms with Crippen LogP contribution in [-0.4, -0.2) is 35.3 Å². The Bertz CT molecular complexity index is 1090. The molecule has 34 heavy (non-hydrogen) atoms. The number of Topliss-reactive ketones (excluding diaryl/α,β-unsaturated/α-hetero) is 1. The Hall–Kier alpha value is -2.53. The van der Waals surface area contributed by atoms with Crippen LogP contribution in [0.1, 0.15) is 80.9 Å². The summed E-state index contributed by atoms with van der Waals surface area (Å²) in [5.41, 5.74) is 2.76. The number of fused-ring (bicyclic) bond motifs is 1. The molecule has 180 valence electrons. The maximum absolute atomic E-state index is 14.1. The smallest absolute Gasteiger partial charge is 0.145 e. The number of nitrogens with zero attached hydrogens (tertiary/aromatic N) is 2. The highest BCUT2D eigenvalue weighted by molar-refractivity contribution is 5.87. The minimum absolute atomic E-state index is 0.108. The quantitative estimate of drug-likeness (QED) is 0.385. The van der Waals surface area contributed by atoms with E-state index in [1.807, 2.05) is 30.5 Å². The molecule has 0 spiro atoms. The average Bonchev–Trinajstić information content (AvgIpc) is 3.27. The molecule has 4 nitrogen and oxygen atoms in total. The Labute approximate surface area is 201 Å². The van der Waals surface area contributed by atoms with Gasteiger partial charge in [0.25, 0.3) is 0 Å². The number of rotatable bonds is 7. The molecule has 1 aromatic carbocycles. The highest BCUT2D eigenvalue weighted by Crippen LogP contribution is 2.35. The van der Waals surface area contributed by atoms with Gasteiger partial charge < -0.3 is 9.32 Å². The van der Waals surface area contributed by atoms with Crippen LogP contribution in [0.2, 0.25) is 0 Å². The molecule has 2 atom stereocenters. The highest BCUT2D eigenvalue weighted by Gasteiger charge is 2.31. The fourth-order valence-electron chi connectivity index (χ4n) is 6.06. The maximum atomic E-state index is 14.1. The van der Waals surface area contributed by atoms with Crippen LogP contribution < -0.4 is 0 Å². The molecule has 1 aliphatic carbocycles. The lowest BCUT2D eigenvalue weighted by Crippen LogP contribution is -2.31. The Morgan fingerprint density at radius 2 is 1.91 bits per heavy atom. The number of likely N-dealkylation sites (tertiary alicyclic amines) is 1. The van der Waals surface area contributed by atoms with Crippen LogP contribution in [0.5, 0.6) is 0 Å². The molecule has 2 unspecified atom stereocenters. The van der Waals surface area contributed by atoms with Crippen molar-refractivity contribution in [3.05, 3.63) is 65.9 Å². The van der Waals surface area contributed by atoms with Crippen molar-refractivity contribution in [3.8, 4) is 0 Å². The zero-order valence-corrected chi connectivity index (χ0v) is 19.9. The summed E-state index contributed by atoms with van der Waals surface area (Å²) < 4.78 is 19.8. The molecular formula is C29H35FN2O2. The van der Waals surface area contributed by atoms with Gasteiger partial charge in [0.2, 0.25) is 0 Å². The predicted molar refractivity (Wildman–Crippen MR) is 132 cm³/mol. The molecule has 3 heterocycles. The number of carbonyl (C=O) groups is 1. The van der Waals surface area contributed by atoms with Crippen LogP contribution in [0.3, 0.4) is 0 Å². The first-order valence-corrected chi connectivity index (χ1v) is 13.0. The standard InChI is InChI=1S/C29H35FN2O2/c30-26-12-11-23(29-24(26)15-20-34-29)21-9-6-17-32(18-13-21)19-14-25(27-10-4-5-16-31-27)28(33)22-7-2-1-3-8-22/h4-5,10-12,15-16,20-22,25H,1-3,6-9,13-14,17-19H2. The predicted octanol–water partition coefficient (Wildman–Crippen LogP) is 6.86. The molecule has 1 saturated carbocycles. The maximum Gasteiger partial charge on any atom is 0.145 e. The van der Waals surface area contributed by atoms with Gasteiger partial charge in [-0.2, -0.15) is 0 Å². The summed E-state index contributed by atoms with van der Waals surface area (Å²) >= 11 is 0. The van der Waals surface area contributed by atoms with E-state index in [-0.39, 0.29) is 17.7 Å². The number of aromatic nitrogens is 1. The third-order valence-electron chi connectivity index (χ3n) is 7.98. The van der Waals surface area contributed by atoms with Crippen molar-refractivity contribution < 1.29 is 13.6 Å². The molecule has 0 amide bonds.